The Bertz CT molecular complexity index is 401. The number of rotatable bonds is 5. The maximum Gasteiger partial charge on any atom is 0.260 e. The van der Waals surface area contributed by atoms with Gasteiger partial charge in [-0.05, 0) is 33.2 Å². The van der Waals surface area contributed by atoms with Gasteiger partial charge in [-0.1, -0.05) is 12.1 Å². The lowest BCUT2D eigenvalue weighted by molar-refractivity contribution is -0.0403. The van der Waals surface area contributed by atoms with Crippen molar-refractivity contribution in [2.75, 3.05) is 19.7 Å². The average Bonchev–Trinajstić information content (AvgIpc) is 2.98. The van der Waals surface area contributed by atoms with Gasteiger partial charge in [0.1, 0.15) is 5.60 Å². The van der Waals surface area contributed by atoms with E-state index in [-0.39, 0.29) is 5.89 Å². The van der Waals surface area contributed by atoms with Gasteiger partial charge in [0.2, 0.25) is 5.82 Å². The van der Waals surface area contributed by atoms with Crippen molar-refractivity contribution >= 4 is 0 Å². The molecule has 2 N–H and O–H groups in total. The first-order valence-corrected chi connectivity index (χ1v) is 6.46. The second-order valence-electron chi connectivity index (χ2n) is 4.90. The highest BCUT2D eigenvalue weighted by molar-refractivity contribution is 5.07. The molecule has 2 atom stereocenters. The summed E-state index contributed by atoms with van der Waals surface area (Å²) in [6, 6.07) is 0. The molecule has 2 heterocycles. The highest BCUT2D eigenvalue weighted by Gasteiger charge is 2.41. The van der Waals surface area contributed by atoms with Crippen molar-refractivity contribution in [2.45, 2.75) is 44.8 Å². The number of aliphatic hydroxyl groups is 1. The first kappa shape index (κ1) is 13.5. The van der Waals surface area contributed by atoms with Crippen molar-refractivity contribution in [1.29, 1.82) is 0 Å². The average molecular weight is 255 g/mol. The van der Waals surface area contributed by atoms with Gasteiger partial charge in [-0.3, -0.25) is 0 Å². The largest absolute Gasteiger partial charge is 0.379 e. The molecule has 1 saturated heterocycles. The number of hydrogen-bond acceptors (Lipinski definition) is 6. The van der Waals surface area contributed by atoms with E-state index in [1.54, 1.807) is 0 Å². The lowest BCUT2D eigenvalue weighted by Crippen LogP contribution is -2.30. The molecular formula is C12H21N3O3. The van der Waals surface area contributed by atoms with Gasteiger partial charge in [-0.15, -0.1) is 0 Å². The lowest BCUT2D eigenvalue weighted by Gasteiger charge is -2.24. The van der Waals surface area contributed by atoms with Crippen LogP contribution < -0.4 is 5.32 Å². The molecule has 0 aliphatic carbocycles. The molecule has 0 bridgehead atoms. The Balaban J connectivity index is 2.24. The van der Waals surface area contributed by atoms with Gasteiger partial charge in [0.05, 0.1) is 0 Å². The molecule has 1 aliphatic rings. The molecule has 6 heteroatoms. The Morgan fingerprint density at radius 1 is 1.56 bits per heavy atom. The first-order chi connectivity index (χ1) is 8.54. The summed E-state index contributed by atoms with van der Waals surface area (Å²) < 4.78 is 10.9. The highest BCUT2D eigenvalue weighted by atomic mass is 16.5. The van der Waals surface area contributed by atoms with E-state index in [4.69, 9.17) is 9.26 Å². The molecule has 0 aromatic carbocycles. The summed E-state index contributed by atoms with van der Waals surface area (Å²) in [5.41, 5.74) is -1.59. The fraction of sp³-hybridized carbons (Fsp3) is 0.833. The topological polar surface area (TPSA) is 80.4 Å². The molecule has 0 amide bonds. The van der Waals surface area contributed by atoms with E-state index >= 15 is 0 Å². The van der Waals surface area contributed by atoms with Crippen LogP contribution in [0.15, 0.2) is 4.52 Å². The standard InChI is InChI=1S/C12H21N3O3/c1-4-11(3,17-5-2)9-14-10(18-15-9)12(16)6-7-13-8-12/h13,16H,4-8H2,1-3H3. The number of β-amino-alcohol motifs (C(OH)–C–C–N with tert-alkyl or cyclic N) is 1. The Morgan fingerprint density at radius 2 is 2.33 bits per heavy atom. The molecule has 102 valence electrons. The van der Waals surface area contributed by atoms with Crippen molar-refractivity contribution in [2.24, 2.45) is 0 Å². The third kappa shape index (κ3) is 2.28. The van der Waals surface area contributed by atoms with Crippen molar-refractivity contribution < 1.29 is 14.4 Å². The third-order valence-corrected chi connectivity index (χ3v) is 3.57. The lowest BCUT2D eigenvalue weighted by atomic mass is 10.0. The van der Waals surface area contributed by atoms with Gasteiger partial charge < -0.3 is 19.7 Å². The summed E-state index contributed by atoms with van der Waals surface area (Å²) in [7, 11) is 0. The Kier molecular flexibility index (Phi) is 3.70. The third-order valence-electron chi connectivity index (χ3n) is 3.57. The number of nitrogens with zero attached hydrogens (tertiary/aromatic N) is 2. The molecule has 18 heavy (non-hydrogen) atoms. The summed E-state index contributed by atoms with van der Waals surface area (Å²) in [5, 5.41) is 17.4. The van der Waals surface area contributed by atoms with Crippen molar-refractivity contribution in [3.05, 3.63) is 11.7 Å². The molecule has 1 aromatic rings. The zero-order valence-corrected chi connectivity index (χ0v) is 11.2. The minimum atomic E-state index is -1.04. The van der Waals surface area contributed by atoms with Gasteiger partial charge in [-0.2, -0.15) is 4.98 Å². The highest BCUT2D eigenvalue weighted by Crippen LogP contribution is 2.31. The van der Waals surface area contributed by atoms with Gasteiger partial charge in [0, 0.05) is 13.2 Å². The van der Waals surface area contributed by atoms with Crippen molar-refractivity contribution in [3.8, 4) is 0 Å². The van der Waals surface area contributed by atoms with E-state index in [2.05, 4.69) is 15.5 Å². The summed E-state index contributed by atoms with van der Waals surface area (Å²) >= 11 is 0. The fourth-order valence-electron chi connectivity index (χ4n) is 2.13. The molecule has 0 radical (unpaired) electrons. The number of aromatic nitrogens is 2. The van der Waals surface area contributed by atoms with Crippen LogP contribution in [-0.2, 0) is 15.9 Å². The predicted octanol–water partition coefficient (Wildman–Crippen LogP) is 0.912. The van der Waals surface area contributed by atoms with Crippen LogP contribution >= 0.6 is 0 Å². The maximum atomic E-state index is 10.3. The van der Waals surface area contributed by atoms with E-state index < -0.39 is 11.2 Å². The molecular weight excluding hydrogens is 234 g/mol. The minimum Gasteiger partial charge on any atom is -0.379 e. The Morgan fingerprint density at radius 3 is 2.89 bits per heavy atom. The maximum absolute atomic E-state index is 10.3. The number of nitrogens with one attached hydrogen (secondary N) is 1. The monoisotopic (exact) mass is 255 g/mol. The van der Waals surface area contributed by atoms with Gasteiger partial charge in [-0.25, -0.2) is 0 Å². The summed E-state index contributed by atoms with van der Waals surface area (Å²) in [6.07, 6.45) is 1.34. The van der Waals surface area contributed by atoms with Crippen LogP contribution in [0.25, 0.3) is 0 Å². The smallest absolute Gasteiger partial charge is 0.260 e. The van der Waals surface area contributed by atoms with Crippen molar-refractivity contribution in [3.63, 3.8) is 0 Å². The quantitative estimate of drug-likeness (QED) is 0.814. The zero-order valence-electron chi connectivity index (χ0n) is 11.2. The number of ether oxygens (including phenoxy) is 1. The Hall–Kier alpha value is -0.980. The molecule has 0 saturated carbocycles. The van der Waals surface area contributed by atoms with E-state index in [1.165, 1.54) is 0 Å². The van der Waals surface area contributed by atoms with Gasteiger partial charge in [0.25, 0.3) is 5.89 Å². The van der Waals surface area contributed by atoms with E-state index in [9.17, 15) is 5.11 Å². The molecule has 6 nitrogen and oxygen atoms in total. The zero-order chi connectivity index (χ0) is 13.2. The van der Waals surface area contributed by atoms with E-state index in [0.717, 1.165) is 13.0 Å². The van der Waals surface area contributed by atoms with Crippen LogP contribution in [0.1, 0.15) is 45.3 Å². The first-order valence-electron chi connectivity index (χ1n) is 6.46. The van der Waals surface area contributed by atoms with Crippen LogP contribution in [0.2, 0.25) is 0 Å². The predicted molar refractivity (Wildman–Crippen MR) is 65.0 cm³/mol. The summed E-state index contributed by atoms with van der Waals surface area (Å²) in [5.74, 6) is 0.782. The summed E-state index contributed by atoms with van der Waals surface area (Å²) in [4.78, 5) is 4.33. The molecule has 2 rings (SSSR count). The van der Waals surface area contributed by atoms with Crippen LogP contribution in [0.3, 0.4) is 0 Å². The van der Waals surface area contributed by atoms with Crippen LogP contribution in [0, 0.1) is 0 Å². The second kappa shape index (κ2) is 4.95. The molecule has 1 fully saturated rings. The summed E-state index contributed by atoms with van der Waals surface area (Å²) in [6.45, 7) is 7.67. The normalized spacial score (nSPS) is 27.3. The van der Waals surface area contributed by atoms with Crippen LogP contribution in [-0.4, -0.2) is 34.9 Å². The second-order valence-corrected chi connectivity index (χ2v) is 4.90. The SMILES string of the molecule is CCOC(C)(CC)c1noc(C2(O)CCNC2)n1. The molecule has 2 unspecified atom stereocenters. The fourth-order valence-corrected chi connectivity index (χ4v) is 2.13. The van der Waals surface area contributed by atoms with E-state index in [0.29, 0.717) is 25.4 Å². The van der Waals surface area contributed by atoms with E-state index in [1.807, 2.05) is 20.8 Å². The molecule has 0 spiro atoms. The van der Waals surface area contributed by atoms with Gasteiger partial charge >= 0.3 is 0 Å². The van der Waals surface area contributed by atoms with Crippen molar-refractivity contribution in [1.82, 2.24) is 15.5 Å². The minimum absolute atomic E-state index is 0.280. The van der Waals surface area contributed by atoms with Crippen LogP contribution in [0.5, 0.6) is 0 Å². The molecule has 1 aliphatic heterocycles. The molecule has 1 aromatic heterocycles. The Labute approximate surface area is 107 Å². The van der Waals surface area contributed by atoms with Crippen LogP contribution in [0.4, 0.5) is 0 Å². The number of hydrogen-bond donors (Lipinski definition) is 2. The van der Waals surface area contributed by atoms with Gasteiger partial charge in [0.15, 0.2) is 5.60 Å².